The first-order valence-electron chi connectivity index (χ1n) is 8.00. The number of amides is 2. The maximum absolute atomic E-state index is 12.4. The highest BCUT2D eigenvalue weighted by atomic mass is 35.5. The average molecular weight is 377 g/mol. The summed E-state index contributed by atoms with van der Waals surface area (Å²) in [6.45, 7) is 3.95. The van der Waals surface area contributed by atoms with Crippen molar-refractivity contribution in [3.63, 3.8) is 0 Å². The Morgan fingerprint density at radius 1 is 0.960 bits per heavy atom. The second kappa shape index (κ2) is 7.06. The molecule has 2 aromatic rings. The molecule has 1 saturated carbocycles. The lowest BCUT2D eigenvalue weighted by Gasteiger charge is -2.10. The van der Waals surface area contributed by atoms with Crippen LogP contribution in [0, 0.1) is 25.7 Å². The van der Waals surface area contributed by atoms with Gasteiger partial charge in [-0.2, -0.15) is 0 Å². The second-order valence-corrected chi connectivity index (χ2v) is 7.14. The van der Waals surface area contributed by atoms with Crippen molar-refractivity contribution >= 4 is 46.4 Å². The van der Waals surface area contributed by atoms with Crippen LogP contribution in [0.2, 0.25) is 10.0 Å². The van der Waals surface area contributed by atoms with Gasteiger partial charge in [0.2, 0.25) is 11.8 Å². The van der Waals surface area contributed by atoms with E-state index >= 15 is 0 Å². The van der Waals surface area contributed by atoms with Gasteiger partial charge in [0, 0.05) is 10.7 Å². The number of hydrogen-bond donors (Lipinski definition) is 2. The fraction of sp³-hybridized carbons (Fsp3) is 0.263. The van der Waals surface area contributed by atoms with Crippen molar-refractivity contribution < 1.29 is 9.59 Å². The molecule has 0 radical (unpaired) electrons. The molecule has 2 aromatic carbocycles. The lowest BCUT2D eigenvalue weighted by molar-refractivity contribution is -0.122. The van der Waals surface area contributed by atoms with Gasteiger partial charge in [0.1, 0.15) is 0 Å². The number of halogens is 2. The van der Waals surface area contributed by atoms with Crippen LogP contribution in [-0.2, 0) is 9.59 Å². The summed E-state index contributed by atoms with van der Waals surface area (Å²) in [6.07, 6.45) is 0.528. The number of aryl methyl sites for hydroxylation is 1. The van der Waals surface area contributed by atoms with Crippen LogP contribution in [-0.4, -0.2) is 11.8 Å². The number of rotatable bonds is 4. The van der Waals surface area contributed by atoms with E-state index in [9.17, 15) is 9.59 Å². The van der Waals surface area contributed by atoms with Crippen LogP contribution in [0.4, 0.5) is 11.4 Å². The zero-order valence-corrected chi connectivity index (χ0v) is 15.4. The third-order valence-corrected chi connectivity index (χ3v) is 5.08. The minimum absolute atomic E-state index is 0.133. The Kier molecular flexibility index (Phi) is 5.02. The summed E-state index contributed by atoms with van der Waals surface area (Å²) < 4.78 is 0. The zero-order chi connectivity index (χ0) is 18.1. The van der Waals surface area contributed by atoms with Crippen molar-refractivity contribution in [2.24, 2.45) is 11.8 Å². The summed E-state index contributed by atoms with van der Waals surface area (Å²) in [5.74, 6) is -1.02. The molecule has 3 rings (SSSR count). The van der Waals surface area contributed by atoms with E-state index < -0.39 is 0 Å². The Bertz CT molecular complexity index is 831. The Morgan fingerprint density at radius 2 is 1.60 bits per heavy atom. The fourth-order valence-corrected chi connectivity index (χ4v) is 3.04. The van der Waals surface area contributed by atoms with Gasteiger partial charge in [0.05, 0.1) is 22.5 Å². The highest BCUT2D eigenvalue weighted by Gasteiger charge is 2.48. The van der Waals surface area contributed by atoms with E-state index in [1.54, 1.807) is 18.2 Å². The molecule has 0 aromatic heterocycles. The van der Waals surface area contributed by atoms with Gasteiger partial charge < -0.3 is 10.6 Å². The number of anilines is 2. The number of nitrogens with one attached hydrogen (secondary N) is 2. The Balaban J connectivity index is 1.62. The van der Waals surface area contributed by atoms with Crippen molar-refractivity contribution in [1.82, 2.24) is 0 Å². The summed E-state index contributed by atoms with van der Waals surface area (Å²) >= 11 is 12.0. The monoisotopic (exact) mass is 376 g/mol. The van der Waals surface area contributed by atoms with Gasteiger partial charge in [0.25, 0.3) is 0 Å². The van der Waals surface area contributed by atoms with Crippen LogP contribution in [0.3, 0.4) is 0 Å². The third-order valence-electron chi connectivity index (χ3n) is 4.51. The van der Waals surface area contributed by atoms with Crippen LogP contribution < -0.4 is 10.6 Å². The molecule has 130 valence electrons. The molecule has 2 atom stereocenters. The normalized spacial score (nSPS) is 18.6. The van der Waals surface area contributed by atoms with Gasteiger partial charge in [0.15, 0.2) is 0 Å². The smallest absolute Gasteiger partial charge is 0.228 e. The van der Waals surface area contributed by atoms with Crippen molar-refractivity contribution in [2.75, 3.05) is 10.6 Å². The first kappa shape index (κ1) is 17.8. The molecule has 2 N–H and O–H groups in total. The minimum Gasteiger partial charge on any atom is -0.326 e. The van der Waals surface area contributed by atoms with E-state index in [1.807, 2.05) is 32.0 Å². The molecule has 0 spiro atoms. The molecule has 1 fully saturated rings. The quantitative estimate of drug-likeness (QED) is 0.802. The summed E-state index contributed by atoms with van der Waals surface area (Å²) in [5.41, 5.74) is 3.38. The SMILES string of the molecule is Cc1cccc(NC(=O)C2CC2C(=O)Nc2cc(Cl)ccc2Cl)c1C. The van der Waals surface area contributed by atoms with Crippen molar-refractivity contribution in [1.29, 1.82) is 0 Å². The van der Waals surface area contributed by atoms with Crippen LogP contribution in [0.1, 0.15) is 17.5 Å². The lowest BCUT2D eigenvalue weighted by Crippen LogP contribution is -2.21. The van der Waals surface area contributed by atoms with Crippen molar-refractivity contribution in [3.05, 3.63) is 57.6 Å². The molecule has 6 heteroatoms. The topological polar surface area (TPSA) is 58.2 Å². The minimum atomic E-state index is -0.347. The molecule has 1 aliphatic rings. The van der Waals surface area contributed by atoms with Gasteiger partial charge in [-0.05, 0) is 55.7 Å². The lowest BCUT2D eigenvalue weighted by atomic mass is 10.1. The predicted octanol–water partition coefficient (Wildman–Crippen LogP) is 4.82. The summed E-state index contributed by atoms with van der Waals surface area (Å²) in [5, 5.41) is 6.56. The van der Waals surface area contributed by atoms with Gasteiger partial charge >= 0.3 is 0 Å². The molecule has 2 unspecified atom stereocenters. The van der Waals surface area contributed by atoms with Crippen molar-refractivity contribution in [3.8, 4) is 0 Å². The second-order valence-electron chi connectivity index (χ2n) is 6.30. The van der Waals surface area contributed by atoms with Gasteiger partial charge in [-0.3, -0.25) is 9.59 Å². The molecule has 0 bridgehead atoms. The average Bonchev–Trinajstić information content (AvgIpc) is 3.36. The molecule has 4 nitrogen and oxygen atoms in total. The molecule has 25 heavy (non-hydrogen) atoms. The zero-order valence-electron chi connectivity index (χ0n) is 13.9. The van der Waals surface area contributed by atoms with E-state index in [1.165, 1.54) is 0 Å². The maximum Gasteiger partial charge on any atom is 0.228 e. The number of carbonyl (C=O) groups excluding carboxylic acids is 2. The van der Waals surface area contributed by atoms with Gasteiger partial charge in [-0.25, -0.2) is 0 Å². The molecule has 1 aliphatic carbocycles. The third kappa shape index (κ3) is 3.97. The Morgan fingerprint density at radius 3 is 2.28 bits per heavy atom. The molecule has 0 aliphatic heterocycles. The highest BCUT2D eigenvalue weighted by Crippen LogP contribution is 2.41. The summed E-state index contributed by atoms with van der Waals surface area (Å²) in [6, 6.07) is 10.6. The Hall–Kier alpha value is -2.04. The first-order chi connectivity index (χ1) is 11.9. The first-order valence-corrected chi connectivity index (χ1v) is 8.75. The largest absolute Gasteiger partial charge is 0.326 e. The number of benzene rings is 2. The van der Waals surface area contributed by atoms with Gasteiger partial charge in [-0.1, -0.05) is 35.3 Å². The van der Waals surface area contributed by atoms with Gasteiger partial charge in [-0.15, -0.1) is 0 Å². The number of carbonyl (C=O) groups is 2. The molecule has 2 amide bonds. The van der Waals surface area contributed by atoms with Crippen LogP contribution in [0.15, 0.2) is 36.4 Å². The number of hydrogen-bond acceptors (Lipinski definition) is 2. The van der Waals surface area contributed by atoms with Crippen molar-refractivity contribution in [2.45, 2.75) is 20.3 Å². The molecule has 0 heterocycles. The summed E-state index contributed by atoms with van der Waals surface area (Å²) in [7, 11) is 0. The predicted molar refractivity (Wildman–Crippen MR) is 101 cm³/mol. The fourth-order valence-electron chi connectivity index (χ4n) is 2.71. The van der Waals surface area contributed by atoms with E-state index in [0.29, 0.717) is 22.2 Å². The molecule has 0 saturated heterocycles. The summed E-state index contributed by atoms with van der Waals surface area (Å²) in [4.78, 5) is 24.7. The van der Waals surface area contributed by atoms with E-state index in [2.05, 4.69) is 10.6 Å². The Labute approximate surface area is 156 Å². The van der Waals surface area contributed by atoms with E-state index in [0.717, 1.165) is 16.8 Å². The van der Waals surface area contributed by atoms with E-state index in [4.69, 9.17) is 23.2 Å². The molecular formula is C19H18Cl2N2O2. The maximum atomic E-state index is 12.4. The van der Waals surface area contributed by atoms with Crippen LogP contribution >= 0.6 is 23.2 Å². The standard InChI is InChI=1S/C19H18Cl2N2O2/c1-10-4-3-5-16(11(10)2)22-18(24)13-9-14(13)19(25)23-17-8-12(20)6-7-15(17)21/h3-8,13-14H,9H2,1-2H3,(H,22,24)(H,23,25). The van der Waals surface area contributed by atoms with E-state index in [-0.39, 0.29) is 23.7 Å². The molecular weight excluding hydrogens is 359 g/mol. The van der Waals surface area contributed by atoms with Crippen LogP contribution in [0.5, 0.6) is 0 Å². The highest BCUT2D eigenvalue weighted by molar-refractivity contribution is 6.35. The van der Waals surface area contributed by atoms with Crippen LogP contribution in [0.25, 0.3) is 0 Å².